The van der Waals surface area contributed by atoms with Crippen LogP contribution < -0.4 is 14.7 Å². The van der Waals surface area contributed by atoms with E-state index in [0.29, 0.717) is 0 Å². The predicted molar refractivity (Wildman–Crippen MR) is 32.7 cm³/mol. The minimum Gasteiger partial charge on any atom is -0.822 e. The van der Waals surface area contributed by atoms with Crippen molar-refractivity contribution in [3.8, 4) is 0 Å². The van der Waals surface area contributed by atoms with Crippen LogP contribution in [0.4, 0.5) is 0 Å². The molecule has 10 heavy (non-hydrogen) atoms. The second-order valence-electron chi connectivity index (χ2n) is 1.52. The zero-order chi connectivity index (χ0) is 8.62. The Balaban J connectivity index is 0. The summed E-state index contributed by atoms with van der Waals surface area (Å²) in [6.45, 7) is 5.69. The normalized spacial score (nSPS) is 9.60. The van der Waals surface area contributed by atoms with Crippen molar-refractivity contribution in [2.24, 2.45) is 0 Å². The van der Waals surface area contributed by atoms with E-state index < -0.39 is 7.82 Å². The molecule has 0 aliphatic heterocycles. The third kappa shape index (κ3) is 108. The van der Waals surface area contributed by atoms with E-state index in [1.807, 2.05) is 6.08 Å². The third-order valence-corrected chi connectivity index (χ3v) is 0.493. The van der Waals surface area contributed by atoms with Gasteiger partial charge in [-0.3, -0.25) is 0 Å². The summed E-state index contributed by atoms with van der Waals surface area (Å²) < 4.78 is 8.55. The molecule has 0 unspecified atom stereocenters. The lowest BCUT2D eigenvalue weighted by Crippen LogP contribution is -2.24. The Kier molecular flexibility index (Phi) is 8.72. The molecule has 0 aromatic carbocycles. The van der Waals surface area contributed by atoms with Crippen molar-refractivity contribution in [1.29, 1.82) is 0 Å². The maximum absolute atomic E-state index is 8.55. The second-order valence-corrected chi connectivity index (χ2v) is 2.42. The Labute approximate surface area is 60.4 Å². The Hall–Kier alpha value is -0.150. The fourth-order valence-corrected chi connectivity index (χ4v) is 0.204. The van der Waals surface area contributed by atoms with Crippen LogP contribution in [0.1, 0.15) is 19.8 Å². The van der Waals surface area contributed by atoms with E-state index in [-0.39, 0.29) is 0 Å². The van der Waals surface area contributed by atoms with Gasteiger partial charge in [-0.25, -0.2) is 0 Å². The van der Waals surface area contributed by atoms with Crippen molar-refractivity contribution in [1.82, 2.24) is 0 Å². The van der Waals surface area contributed by atoms with E-state index in [9.17, 15) is 0 Å². The zero-order valence-corrected chi connectivity index (χ0v) is 6.67. The van der Waals surface area contributed by atoms with E-state index in [4.69, 9.17) is 19.2 Å². The lowest BCUT2D eigenvalue weighted by molar-refractivity contribution is -0.432. The summed E-state index contributed by atoms with van der Waals surface area (Å²) >= 11 is 0. The molecule has 0 radical (unpaired) electrons. The van der Waals surface area contributed by atoms with Crippen LogP contribution in [0.25, 0.3) is 0 Å². The van der Waals surface area contributed by atoms with E-state index in [2.05, 4.69) is 13.5 Å². The first-order valence-electron chi connectivity index (χ1n) is 2.75. The summed E-state index contributed by atoms with van der Waals surface area (Å²) in [5.41, 5.74) is 0. The summed E-state index contributed by atoms with van der Waals surface area (Å²) in [5, 5.41) is 0. The van der Waals surface area contributed by atoms with Crippen molar-refractivity contribution in [3.63, 3.8) is 0 Å². The van der Waals surface area contributed by atoms with Gasteiger partial charge in [0.2, 0.25) is 0 Å². The summed E-state index contributed by atoms with van der Waals surface area (Å²) in [4.78, 5) is 25.6. The van der Waals surface area contributed by atoms with Gasteiger partial charge in [-0.1, -0.05) is 19.4 Å². The average molecular weight is 165 g/mol. The molecular formula is C5H10O4P-3. The van der Waals surface area contributed by atoms with Gasteiger partial charge in [0.05, 0.1) is 0 Å². The van der Waals surface area contributed by atoms with E-state index in [0.717, 1.165) is 6.42 Å². The van der Waals surface area contributed by atoms with E-state index in [1.165, 1.54) is 6.42 Å². The number of hydrogen-bond donors (Lipinski definition) is 0. The van der Waals surface area contributed by atoms with Crippen LogP contribution in [0.15, 0.2) is 12.7 Å². The van der Waals surface area contributed by atoms with Gasteiger partial charge in [-0.05, 0) is 6.42 Å². The molecule has 0 spiro atoms. The molecular weight excluding hydrogens is 155 g/mol. The molecule has 0 heterocycles. The molecule has 5 heteroatoms. The van der Waals surface area contributed by atoms with Gasteiger partial charge >= 0.3 is 0 Å². The number of phosphoric acid groups is 1. The highest BCUT2D eigenvalue weighted by Gasteiger charge is 1.61. The Morgan fingerprint density at radius 1 is 1.50 bits per heavy atom. The molecule has 0 fully saturated rings. The molecule has 0 aromatic rings. The van der Waals surface area contributed by atoms with E-state index in [1.54, 1.807) is 0 Å². The maximum atomic E-state index is 8.55. The van der Waals surface area contributed by atoms with Gasteiger partial charge in [0.1, 0.15) is 0 Å². The average Bonchev–Trinajstić information content (AvgIpc) is 1.63. The van der Waals surface area contributed by atoms with Gasteiger partial charge in [0.15, 0.2) is 0 Å². The van der Waals surface area contributed by atoms with Crippen LogP contribution in [0.5, 0.6) is 0 Å². The van der Waals surface area contributed by atoms with E-state index >= 15 is 0 Å². The predicted octanol–water partition coefficient (Wildman–Crippen LogP) is -0.852. The van der Waals surface area contributed by atoms with Crippen molar-refractivity contribution < 1.29 is 19.2 Å². The van der Waals surface area contributed by atoms with Crippen molar-refractivity contribution in [2.45, 2.75) is 19.8 Å². The van der Waals surface area contributed by atoms with Crippen LogP contribution in [0.3, 0.4) is 0 Å². The van der Waals surface area contributed by atoms with Crippen molar-refractivity contribution in [2.75, 3.05) is 0 Å². The fraction of sp³-hybridized carbons (Fsp3) is 0.600. The molecule has 62 valence electrons. The zero-order valence-electron chi connectivity index (χ0n) is 5.78. The Morgan fingerprint density at radius 2 is 1.80 bits per heavy atom. The highest BCUT2D eigenvalue weighted by molar-refractivity contribution is 7.40. The molecule has 0 atom stereocenters. The molecule has 0 saturated carbocycles. The number of hydrogen-bond acceptors (Lipinski definition) is 4. The van der Waals surface area contributed by atoms with Crippen LogP contribution in [0, 0.1) is 0 Å². The van der Waals surface area contributed by atoms with Crippen molar-refractivity contribution >= 4 is 7.82 Å². The van der Waals surface area contributed by atoms with Crippen LogP contribution in [0.2, 0.25) is 0 Å². The molecule has 0 bridgehead atoms. The summed E-state index contributed by atoms with van der Waals surface area (Å²) in [6.07, 6.45) is 4.31. The second kappa shape index (κ2) is 6.96. The topological polar surface area (TPSA) is 86.2 Å². The first-order valence-corrected chi connectivity index (χ1v) is 4.21. The van der Waals surface area contributed by atoms with Gasteiger partial charge in [0.25, 0.3) is 0 Å². The molecule has 0 aliphatic carbocycles. The highest BCUT2D eigenvalue weighted by Crippen LogP contribution is 2.03. The molecule has 0 amide bonds. The summed E-state index contributed by atoms with van der Waals surface area (Å²) in [5.74, 6) is 0. The largest absolute Gasteiger partial charge is 0.822 e. The van der Waals surface area contributed by atoms with Crippen LogP contribution in [-0.2, 0) is 4.57 Å². The third-order valence-electron chi connectivity index (χ3n) is 0.493. The minimum atomic E-state index is -5.39. The Bertz CT molecular complexity index is 109. The molecule has 0 N–H and O–H groups in total. The Morgan fingerprint density at radius 3 is 1.80 bits per heavy atom. The molecule has 0 rings (SSSR count). The molecule has 0 saturated heterocycles. The molecule has 0 aromatic heterocycles. The van der Waals surface area contributed by atoms with Crippen LogP contribution in [-0.4, -0.2) is 0 Å². The van der Waals surface area contributed by atoms with Crippen LogP contribution >= 0.6 is 7.82 Å². The number of allylic oxidation sites excluding steroid dienone is 1. The SMILES string of the molecule is C=CCCC.O=P([O-])([O-])[O-]. The van der Waals surface area contributed by atoms with Gasteiger partial charge < -0.3 is 19.2 Å². The maximum Gasteiger partial charge on any atom is -0.0356 e. The molecule has 0 aliphatic rings. The lowest BCUT2D eigenvalue weighted by Gasteiger charge is -2.36. The monoisotopic (exact) mass is 165 g/mol. The van der Waals surface area contributed by atoms with Gasteiger partial charge in [0, 0.05) is 0 Å². The fourth-order valence-electron chi connectivity index (χ4n) is 0.204. The standard InChI is InChI=1S/C5H10.H3O4P/c1-3-5-4-2;1-5(2,3)4/h3H,1,4-5H2,2H3;(H3,1,2,3,4)/p-3. The van der Waals surface area contributed by atoms with Gasteiger partial charge in [-0.2, -0.15) is 7.82 Å². The molecule has 4 nitrogen and oxygen atoms in total. The summed E-state index contributed by atoms with van der Waals surface area (Å²) in [7, 11) is -5.39. The minimum absolute atomic E-state index is 1.15. The van der Waals surface area contributed by atoms with Gasteiger partial charge in [-0.15, -0.1) is 6.58 Å². The lowest BCUT2D eigenvalue weighted by atomic mass is 10.3. The first kappa shape index (κ1) is 12.5. The highest BCUT2D eigenvalue weighted by atomic mass is 31.2. The quantitative estimate of drug-likeness (QED) is 0.393. The summed E-state index contributed by atoms with van der Waals surface area (Å²) in [6, 6.07) is 0. The first-order chi connectivity index (χ1) is 4.41. The smallest absolute Gasteiger partial charge is 0.0356 e. The number of rotatable bonds is 2. The van der Waals surface area contributed by atoms with Crippen molar-refractivity contribution in [3.05, 3.63) is 12.7 Å². The number of unbranched alkanes of at least 4 members (excludes halogenated alkanes) is 1.